The van der Waals surface area contributed by atoms with E-state index in [4.69, 9.17) is 4.74 Å². The van der Waals surface area contributed by atoms with E-state index in [2.05, 4.69) is 49.3 Å². The smallest absolute Gasteiger partial charge is 0.0606 e. The second-order valence-electron chi connectivity index (χ2n) is 5.07. The molecule has 0 aromatic rings. The molecule has 0 aromatic carbocycles. The van der Waals surface area contributed by atoms with Gasteiger partial charge < -0.3 is 4.74 Å². The second-order valence-corrected chi connectivity index (χ2v) is 5.07. The van der Waals surface area contributed by atoms with Gasteiger partial charge in [0.25, 0.3) is 0 Å². The van der Waals surface area contributed by atoms with Gasteiger partial charge in [-0.3, -0.25) is 4.90 Å². The predicted molar refractivity (Wildman–Crippen MR) is 81.9 cm³/mol. The summed E-state index contributed by atoms with van der Waals surface area (Å²) in [5.74, 6) is 6.92. The van der Waals surface area contributed by atoms with Crippen molar-refractivity contribution in [3.8, 4) is 11.8 Å². The molecule has 0 bridgehead atoms. The van der Waals surface area contributed by atoms with E-state index in [1.54, 1.807) is 0 Å². The first-order chi connectivity index (χ1) is 9.13. The molecule has 0 amide bonds. The van der Waals surface area contributed by atoms with Crippen molar-refractivity contribution >= 4 is 0 Å². The zero-order chi connectivity index (χ0) is 14.1. The normalized spacial score (nSPS) is 18.1. The monoisotopic (exact) mass is 259 g/mol. The molecule has 0 aromatic heterocycles. The second kappa shape index (κ2) is 8.74. The van der Waals surface area contributed by atoms with E-state index in [-0.39, 0.29) is 0 Å². The maximum absolute atomic E-state index is 5.31. The lowest BCUT2D eigenvalue weighted by Gasteiger charge is -2.24. The number of hydrogen-bond donors (Lipinski definition) is 0. The molecule has 0 aliphatic carbocycles. The average molecular weight is 259 g/mol. The lowest BCUT2D eigenvalue weighted by atomic mass is 10.0. The number of allylic oxidation sites excluding steroid dienone is 5. The topological polar surface area (TPSA) is 12.5 Å². The van der Waals surface area contributed by atoms with Crippen LogP contribution in [0.25, 0.3) is 0 Å². The highest BCUT2D eigenvalue weighted by atomic mass is 16.5. The van der Waals surface area contributed by atoms with Crippen LogP contribution in [0, 0.1) is 17.8 Å². The highest BCUT2D eigenvalue weighted by Crippen LogP contribution is 2.10. The summed E-state index contributed by atoms with van der Waals surface area (Å²) in [7, 11) is 0. The van der Waals surface area contributed by atoms with Gasteiger partial charge >= 0.3 is 0 Å². The van der Waals surface area contributed by atoms with Crippen LogP contribution in [0.3, 0.4) is 0 Å². The van der Waals surface area contributed by atoms with Crippen molar-refractivity contribution in [2.24, 2.45) is 5.92 Å². The van der Waals surface area contributed by atoms with E-state index in [0.29, 0.717) is 5.92 Å². The molecule has 1 saturated heterocycles. The van der Waals surface area contributed by atoms with Gasteiger partial charge in [0.05, 0.1) is 19.8 Å². The minimum Gasteiger partial charge on any atom is -0.379 e. The Bertz CT molecular complexity index is 401. The molecule has 1 fully saturated rings. The highest BCUT2D eigenvalue weighted by molar-refractivity contribution is 5.33. The first kappa shape index (κ1) is 15.8. The summed E-state index contributed by atoms with van der Waals surface area (Å²) in [6.45, 7) is 14.7. The number of hydrogen-bond acceptors (Lipinski definition) is 2. The third kappa shape index (κ3) is 6.42. The SMILES string of the molecule is C=CC(=C/C=C(\C)C#CCN1CCOCC1)C(C)C. The van der Waals surface area contributed by atoms with E-state index in [9.17, 15) is 0 Å². The van der Waals surface area contributed by atoms with E-state index >= 15 is 0 Å². The fourth-order valence-electron chi connectivity index (χ4n) is 1.81. The summed E-state index contributed by atoms with van der Waals surface area (Å²) in [6, 6.07) is 0. The van der Waals surface area contributed by atoms with E-state index < -0.39 is 0 Å². The maximum Gasteiger partial charge on any atom is 0.0606 e. The third-order valence-electron chi connectivity index (χ3n) is 3.12. The molecule has 0 saturated carbocycles. The summed E-state index contributed by atoms with van der Waals surface area (Å²) >= 11 is 0. The molecule has 1 aliphatic heterocycles. The van der Waals surface area contributed by atoms with Crippen LogP contribution in [0.5, 0.6) is 0 Å². The van der Waals surface area contributed by atoms with Gasteiger partial charge in [0.2, 0.25) is 0 Å². The quantitative estimate of drug-likeness (QED) is 0.568. The van der Waals surface area contributed by atoms with Crippen LogP contribution in [-0.2, 0) is 4.74 Å². The van der Waals surface area contributed by atoms with Gasteiger partial charge in [0.1, 0.15) is 0 Å². The molecule has 1 aliphatic rings. The summed E-state index contributed by atoms with van der Waals surface area (Å²) in [6.07, 6.45) is 6.09. The van der Waals surface area contributed by atoms with Crippen LogP contribution in [0.4, 0.5) is 0 Å². The molecule has 0 radical (unpaired) electrons. The highest BCUT2D eigenvalue weighted by Gasteiger charge is 2.07. The zero-order valence-corrected chi connectivity index (χ0v) is 12.4. The maximum atomic E-state index is 5.31. The van der Waals surface area contributed by atoms with Gasteiger partial charge in [-0.05, 0) is 24.0 Å². The molecule has 1 heterocycles. The molecule has 0 atom stereocenters. The first-order valence-electron chi connectivity index (χ1n) is 6.93. The Morgan fingerprint density at radius 2 is 2.00 bits per heavy atom. The van der Waals surface area contributed by atoms with Gasteiger partial charge in [-0.1, -0.05) is 50.5 Å². The van der Waals surface area contributed by atoms with Gasteiger partial charge in [-0.25, -0.2) is 0 Å². The molecule has 0 N–H and O–H groups in total. The number of morpholine rings is 1. The van der Waals surface area contributed by atoms with Crippen molar-refractivity contribution in [1.29, 1.82) is 0 Å². The summed E-state index contributed by atoms with van der Waals surface area (Å²) in [4.78, 5) is 2.32. The van der Waals surface area contributed by atoms with Gasteiger partial charge in [0, 0.05) is 13.1 Å². The molecule has 2 nitrogen and oxygen atoms in total. The third-order valence-corrected chi connectivity index (χ3v) is 3.12. The summed E-state index contributed by atoms with van der Waals surface area (Å²) in [5.41, 5.74) is 2.34. The Balaban J connectivity index is 2.49. The van der Waals surface area contributed by atoms with Gasteiger partial charge in [0.15, 0.2) is 0 Å². The van der Waals surface area contributed by atoms with E-state index in [1.165, 1.54) is 5.57 Å². The van der Waals surface area contributed by atoms with Crippen molar-refractivity contribution in [3.05, 3.63) is 36.0 Å². The Morgan fingerprint density at radius 3 is 2.58 bits per heavy atom. The number of rotatable bonds is 4. The van der Waals surface area contributed by atoms with Crippen LogP contribution in [0.15, 0.2) is 36.0 Å². The van der Waals surface area contributed by atoms with Crippen molar-refractivity contribution in [2.45, 2.75) is 20.8 Å². The first-order valence-corrected chi connectivity index (χ1v) is 6.93. The minimum atomic E-state index is 0.503. The number of ether oxygens (including phenoxy) is 1. The molecule has 0 spiro atoms. The van der Waals surface area contributed by atoms with Crippen LogP contribution in [0.1, 0.15) is 20.8 Å². The Kier molecular flexibility index (Phi) is 7.25. The Labute approximate surface area is 117 Å². The van der Waals surface area contributed by atoms with Crippen molar-refractivity contribution in [2.75, 3.05) is 32.8 Å². The van der Waals surface area contributed by atoms with Crippen molar-refractivity contribution < 1.29 is 4.74 Å². The summed E-state index contributed by atoms with van der Waals surface area (Å²) < 4.78 is 5.31. The standard InChI is InChI=1S/C17H25NO/c1-5-17(15(2)3)9-8-16(4)7-6-10-18-11-13-19-14-12-18/h5,8-9,15H,1,10-14H2,2-4H3/b16-8+,17-9?. The molecule has 2 heteroatoms. The predicted octanol–water partition coefficient (Wildman–Crippen LogP) is 3.04. The molecule has 0 unspecified atom stereocenters. The van der Waals surface area contributed by atoms with E-state index in [0.717, 1.165) is 38.4 Å². The fraction of sp³-hybridized carbons (Fsp3) is 0.529. The molecular formula is C17H25NO. The van der Waals surface area contributed by atoms with Crippen LogP contribution < -0.4 is 0 Å². The van der Waals surface area contributed by atoms with Crippen LogP contribution >= 0.6 is 0 Å². The summed E-state index contributed by atoms with van der Waals surface area (Å²) in [5, 5.41) is 0. The molecule has 104 valence electrons. The molecular weight excluding hydrogens is 234 g/mol. The van der Waals surface area contributed by atoms with Crippen molar-refractivity contribution in [3.63, 3.8) is 0 Å². The van der Waals surface area contributed by atoms with Gasteiger partial charge in [-0.2, -0.15) is 0 Å². The van der Waals surface area contributed by atoms with E-state index in [1.807, 2.05) is 13.0 Å². The lowest BCUT2D eigenvalue weighted by molar-refractivity contribution is 0.0443. The minimum absolute atomic E-state index is 0.503. The van der Waals surface area contributed by atoms with Crippen LogP contribution in [-0.4, -0.2) is 37.7 Å². The molecule has 1 rings (SSSR count). The largest absolute Gasteiger partial charge is 0.379 e. The van der Waals surface area contributed by atoms with Crippen LogP contribution in [0.2, 0.25) is 0 Å². The Hall–Kier alpha value is -1.30. The lowest BCUT2D eigenvalue weighted by Crippen LogP contribution is -2.36. The fourth-order valence-corrected chi connectivity index (χ4v) is 1.81. The number of nitrogens with zero attached hydrogens (tertiary/aromatic N) is 1. The van der Waals surface area contributed by atoms with Gasteiger partial charge in [-0.15, -0.1) is 0 Å². The average Bonchev–Trinajstić information content (AvgIpc) is 2.40. The molecule has 19 heavy (non-hydrogen) atoms. The Morgan fingerprint density at radius 1 is 1.32 bits per heavy atom. The zero-order valence-electron chi connectivity index (χ0n) is 12.4. The van der Waals surface area contributed by atoms with Crippen molar-refractivity contribution in [1.82, 2.24) is 4.90 Å².